The van der Waals surface area contributed by atoms with Gasteiger partial charge in [-0.15, -0.1) is 0 Å². The Labute approximate surface area is 88.0 Å². The van der Waals surface area contributed by atoms with Crippen molar-refractivity contribution in [3.63, 3.8) is 0 Å². The molecular weight excluding hydrogens is 194 g/mol. The smallest absolute Gasteiger partial charge is 0.243 e. The maximum absolute atomic E-state index is 10.4. The molecule has 4 heteroatoms. The van der Waals surface area contributed by atoms with Crippen LogP contribution in [-0.4, -0.2) is 10.0 Å². The first-order valence-corrected chi connectivity index (χ1v) is 4.69. The summed E-state index contributed by atoms with van der Waals surface area (Å²) in [6.45, 7) is 3.36. The fourth-order valence-electron chi connectivity index (χ4n) is 1.27. The molecule has 0 saturated carbocycles. The third kappa shape index (κ3) is 2.80. The predicted octanol–water partition coefficient (Wildman–Crippen LogP) is 2.59. The van der Waals surface area contributed by atoms with E-state index in [4.69, 9.17) is 0 Å². The van der Waals surface area contributed by atoms with Crippen molar-refractivity contribution >= 4 is 6.08 Å². The van der Waals surface area contributed by atoms with Crippen LogP contribution in [0, 0.1) is 10.1 Å². The average Bonchev–Trinajstić information content (AvgIpc) is 2.20. The van der Waals surface area contributed by atoms with Crippen LogP contribution in [0.2, 0.25) is 0 Å². The summed E-state index contributed by atoms with van der Waals surface area (Å²) in [5, 5.41) is 19.8. The van der Waals surface area contributed by atoms with Gasteiger partial charge in [0.2, 0.25) is 5.70 Å². The van der Waals surface area contributed by atoms with Crippen molar-refractivity contribution in [2.75, 3.05) is 0 Å². The minimum atomic E-state index is -0.432. The highest BCUT2D eigenvalue weighted by Crippen LogP contribution is 2.20. The number of benzene rings is 1. The number of aromatic hydroxyl groups is 1. The predicted molar refractivity (Wildman–Crippen MR) is 58.1 cm³/mol. The molecule has 0 heterocycles. The zero-order chi connectivity index (χ0) is 11.4. The lowest BCUT2D eigenvalue weighted by molar-refractivity contribution is -0.422. The van der Waals surface area contributed by atoms with Gasteiger partial charge in [0.1, 0.15) is 5.75 Å². The fraction of sp³-hybridized carbons (Fsp3) is 0.273. The third-order valence-corrected chi connectivity index (χ3v) is 2.15. The number of aryl methyl sites for hydroxylation is 1. The van der Waals surface area contributed by atoms with Crippen molar-refractivity contribution in [2.45, 2.75) is 20.3 Å². The summed E-state index contributed by atoms with van der Waals surface area (Å²) in [4.78, 5) is 9.98. The van der Waals surface area contributed by atoms with Gasteiger partial charge in [0, 0.05) is 13.0 Å². The van der Waals surface area contributed by atoms with Gasteiger partial charge in [-0.3, -0.25) is 10.1 Å². The summed E-state index contributed by atoms with van der Waals surface area (Å²) < 4.78 is 0. The number of phenolic OH excluding ortho intramolecular Hbond substituents is 1. The Bertz CT molecular complexity index is 410. The number of phenols is 1. The second-order valence-electron chi connectivity index (χ2n) is 3.28. The second-order valence-corrected chi connectivity index (χ2v) is 3.28. The summed E-state index contributed by atoms with van der Waals surface area (Å²) in [6, 6.07) is 4.96. The number of allylic oxidation sites excluding steroid dienone is 1. The van der Waals surface area contributed by atoms with Crippen molar-refractivity contribution in [1.82, 2.24) is 0 Å². The van der Waals surface area contributed by atoms with Crippen LogP contribution in [-0.2, 0) is 6.42 Å². The molecule has 1 rings (SSSR count). The molecule has 0 aliphatic carbocycles. The van der Waals surface area contributed by atoms with Gasteiger partial charge in [0.15, 0.2) is 0 Å². The number of nitro groups is 1. The minimum absolute atomic E-state index is 0.0859. The number of nitrogens with zero attached hydrogens (tertiary/aromatic N) is 1. The first kappa shape index (κ1) is 11.2. The van der Waals surface area contributed by atoms with Crippen LogP contribution in [0.25, 0.3) is 6.08 Å². The Morgan fingerprint density at radius 2 is 2.27 bits per heavy atom. The molecule has 0 fully saturated rings. The van der Waals surface area contributed by atoms with E-state index in [1.54, 1.807) is 18.2 Å². The average molecular weight is 207 g/mol. The summed E-state index contributed by atoms with van der Waals surface area (Å²) in [5.74, 6) is 0.230. The lowest BCUT2D eigenvalue weighted by Gasteiger charge is -2.02. The van der Waals surface area contributed by atoms with Crippen LogP contribution in [0.15, 0.2) is 23.9 Å². The van der Waals surface area contributed by atoms with E-state index in [1.807, 2.05) is 6.92 Å². The van der Waals surface area contributed by atoms with Gasteiger partial charge in [-0.1, -0.05) is 13.0 Å². The van der Waals surface area contributed by atoms with Crippen molar-refractivity contribution in [3.05, 3.63) is 45.1 Å². The lowest BCUT2D eigenvalue weighted by atomic mass is 10.1. The van der Waals surface area contributed by atoms with E-state index >= 15 is 0 Å². The molecule has 1 aromatic carbocycles. The molecule has 0 amide bonds. The van der Waals surface area contributed by atoms with Crippen LogP contribution < -0.4 is 0 Å². The van der Waals surface area contributed by atoms with Gasteiger partial charge in [-0.05, 0) is 29.7 Å². The standard InChI is InChI=1S/C11H13NO3/c1-3-10-7-9(4-5-11(10)13)6-8(2)12(14)15/h4-7,13H,3H2,1-2H3. The molecule has 0 aliphatic heterocycles. The number of rotatable bonds is 3. The number of hydrogen-bond donors (Lipinski definition) is 1. The van der Waals surface area contributed by atoms with E-state index in [0.717, 1.165) is 11.1 Å². The molecule has 80 valence electrons. The Balaban J connectivity index is 3.07. The molecular formula is C11H13NO3. The van der Waals surface area contributed by atoms with Crippen molar-refractivity contribution in [3.8, 4) is 5.75 Å². The molecule has 0 spiro atoms. The monoisotopic (exact) mass is 207 g/mol. The molecule has 0 bridgehead atoms. The van der Waals surface area contributed by atoms with Crippen molar-refractivity contribution < 1.29 is 10.0 Å². The minimum Gasteiger partial charge on any atom is -0.508 e. The summed E-state index contributed by atoms with van der Waals surface area (Å²) in [6.07, 6.45) is 2.18. The highest BCUT2D eigenvalue weighted by molar-refractivity contribution is 5.54. The van der Waals surface area contributed by atoms with E-state index in [9.17, 15) is 15.2 Å². The van der Waals surface area contributed by atoms with E-state index in [1.165, 1.54) is 13.0 Å². The first-order chi connectivity index (χ1) is 7.04. The zero-order valence-corrected chi connectivity index (χ0v) is 8.73. The second kappa shape index (κ2) is 4.59. The van der Waals surface area contributed by atoms with Crippen LogP contribution in [0.4, 0.5) is 0 Å². The Morgan fingerprint density at radius 1 is 1.60 bits per heavy atom. The van der Waals surface area contributed by atoms with Gasteiger partial charge in [-0.2, -0.15) is 0 Å². The Hall–Kier alpha value is -1.84. The van der Waals surface area contributed by atoms with Gasteiger partial charge < -0.3 is 5.11 Å². The van der Waals surface area contributed by atoms with E-state index in [-0.39, 0.29) is 11.4 Å². The van der Waals surface area contributed by atoms with E-state index in [2.05, 4.69) is 0 Å². The van der Waals surface area contributed by atoms with Gasteiger partial charge in [0.25, 0.3) is 0 Å². The van der Waals surface area contributed by atoms with Crippen LogP contribution in [0.5, 0.6) is 5.75 Å². The molecule has 4 nitrogen and oxygen atoms in total. The highest BCUT2D eigenvalue weighted by atomic mass is 16.6. The van der Waals surface area contributed by atoms with Gasteiger partial charge in [-0.25, -0.2) is 0 Å². The number of hydrogen-bond acceptors (Lipinski definition) is 3. The topological polar surface area (TPSA) is 63.4 Å². The van der Waals surface area contributed by atoms with Gasteiger partial charge in [0.05, 0.1) is 4.92 Å². The lowest BCUT2D eigenvalue weighted by Crippen LogP contribution is -1.93. The summed E-state index contributed by atoms with van der Waals surface area (Å²) >= 11 is 0. The molecule has 0 aromatic heterocycles. The summed E-state index contributed by atoms with van der Waals surface area (Å²) in [7, 11) is 0. The SMILES string of the molecule is CCc1cc(C=C(C)[N+](=O)[O-])ccc1O. The zero-order valence-electron chi connectivity index (χ0n) is 8.73. The van der Waals surface area contributed by atoms with Crippen LogP contribution in [0.1, 0.15) is 25.0 Å². The maximum Gasteiger partial charge on any atom is 0.243 e. The molecule has 0 saturated heterocycles. The molecule has 0 aliphatic rings. The normalized spacial score (nSPS) is 11.5. The van der Waals surface area contributed by atoms with E-state index in [0.29, 0.717) is 6.42 Å². The third-order valence-electron chi connectivity index (χ3n) is 2.15. The van der Waals surface area contributed by atoms with Crippen LogP contribution >= 0.6 is 0 Å². The molecule has 1 aromatic rings. The van der Waals surface area contributed by atoms with Gasteiger partial charge >= 0.3 is 0 Å². The molecule has 15 heavy (non-hydrogen) atoms. The maximum atomic E-state index is 10.4. The highest BCUT2D eigenvalue weighted by Gasteiger charge is 2.04. The van der Waals surface area contributed by atoms with Crippen LogP contribution in [0.3, 0.4) is 0 Å². The molecule has 0 unspecified atom stereocenters. The fourth-order valence-corrected chi connectivity index (χ4v) is 1.27. The van der Waals surface area contributed by atoms with E-state index < -0.39 is 4.92 Å². The molecule has 1 N–H and O–H groups in total. The Kier molecular flexibility index (Phi) is 3.44. The van der Waals surface area contributed by atoms with Crippen molar-refractivity contribution in [2.24, 2.45) is 0 Å². The summed E-state index contributed by atoms with van der Waals surface area (Å²) in [5.41, 5.74) is 1.61. The molecule has 0 radical (unpaired) electrons. The largest absolute Gasteiger partial charge is 0.508 e. The van der Waals surface area contributed by atoms with Crippen molar-refractivity contribution in [1.29, 1.82) is 0 Å². The first-order valence-electron chi connectivity index (χ1n) is 4.69. The Morgan fingerprint density at radius 3 is 2.80 bits per heavy atom. The quantitative estimate of drug-likeness (QED) is 0.612. The molecule has 0 atom stereocenters.